The van der Waals surface area contributed by atoms with E-state index in [1.54, 1.807) is 4.90 Å². The van der Waals surface area contributed by atoms with Crippen LogP contribution < -0.4 is 0 Å². The molecule has 0 unspecified atom stereocenters. The monoisotopic (exact) mass is 291 g/mol. The molecule has 1 aliphatic heterocycles. The van der Waals surface area contributed by atoms with Gasteiger partial charge in [0.15, 0.2) is 0 Å². The lowest BCUT2D eigenvalue weighted by Gasteiger charge is -2.33. The fourth-order valence-corrected chi connectivity index (χ4v) is 2.60. The molecule has 0 saturated carbocycles. The minimum atomic E-state index is -0.448. The molecule has 1 aromatic rings. The number of likely N-dealkylation sites (tertiary alicyclic amines) is 1. The van der Waals surface area contributed by atoms with Crippen molar-refractivity contribution in [3.8, 4) is 5.75 Å². The third-order valence-corrected chi connectivity index (χ3v) is 3.85. The molecule has 1 amide bonds. The van der Waals surface area contributed by atoms with Gasteiger partial charge in [0.1, 0.15) is 11.4 Å². The summed E-state index contributed by atoms with van der Waals surface area (Å²) in [6.07, 6.45) is 1.58. The van der Waals surface area contributed by atoms with Gasteiger partial charge in [-0.1, -0.05) is 12.1 Å². The van der Waals surface area contributed by atoms with Gasteiger partial charge < -0.3 is 14.7 Å². The quantitative estimate of drug-likeness (QED) is 0.856. The summed E-state index contributed by atoms with van der Waals surface area (Å²) < 4.78 is 5.40. The first kappa shape index (κ1) is 15.7. The van der Waals surface area contributed by atoms with Crippen molar-refractivity contribution >= 4 is 6.09 Å². The van der Waals surface area contributed by atoms with Gasteiger partial charge in [0.2, 0.25) is 0 Å². The molecule has 0 radical (unpaired) electrons. The maximum absolute atomic E-state index is 12.0. The second-order valence-corrected chi connectivity index (χ2v) is 6.79. The minimum absolute atomic E-state index is 0.229. The lowest BCUT2D eigenvalue weighted by atomic mass is 9.89. The van der Waals surface area contributed by atoms with Crippen LogP contribution in [0.15, 0.2) is 18.2 Å². The van der Waals surface area contributed by atoms with Crippen LogP contribution in [0.4, 0.5) is 4.79 Å². The van der Waals surface area contributed by atoms with E-state index in [2.05, 4.69) is 6.07 Å². The van der Waals surface area contributed by atoms with Gasteiger partial charge in [-0.25, -0.2) is 4.79 Å². The van der Waals surface area contributed by atoms with Crippen molar-refractivity contribution in [2.75, 3.05) is 13.1 Å². The maximum Gasteiger partial charge on any atom is 0.410 e. The fourth-order valence-electron chi connectivity index (χ4n) is 2.60. The number of aryl methyl sites for hydroxylation is 1. The Kier molecular flexibility index (Phi) is 4.45. The van der Waals surface area contributed by atoms with Crippen molar-refractivity contribution in [1.82, 2.24) is 4.90 Å². The summed E-state index contributed by atoms with van der Waals surface area (Å²) in [4.78, 5) is 13.8. The molecular weight excluding hydrogens is 266 g/mol. The largest absolute Gasteiger partial charge is 0.508 e. The first-order valence-corrected chi connectivity index (χ1v) is 7.54. The normalized spacial score (nSPS) is 16.9. The zero-order valence-electron chi connectivity index (χ0n) is 13.3. The second-order valence-electron chi connectivity index (χ2n) is 6.79. The average molecular weight is 291 g/mol. The number of carbonyl (C=O) groups is 1. The van der Waals surface area contributed by atoms with E-state index < -0.39 is 5.60 Å². The first-order valence-electron chi connectivity index (χ1n) is 7.54. The zero-order chi connectivity index (χ0) is 15.6. The number of piperidine rings is 1. The van der Waals surface area contributed by atoms with Gasteiger partial charge in [-0.05, 0) is 63.6 Å². The van der Waals surface area contributed by atoms with Crippen molar-refractivity contribution < 1.29 is 14.6 Å². The number of phenolic OH excluding ortho intramolecular Hbond substituents is 1. The van der Waals surface area contributed by atoms with Crippen LogP contribution >= 0.6 is 0 Å². The van der Waals surface area contributed by atoms with Crippen molar-refractivity contribution in [1.29, 1.82) is 0 Å². The molecule has 1 aliphatic rings. The van der Waals surface area contributed by atoms with Crippen LogP contribution in [0.25, 0.3) is 0 Å². The molecule has 0 aliphatic carbocycles. The molecule has 0 aromatic heterocycles. The van der Waals surface area contributed by atoms with Crippen molar-refractivity contribution in [2.45, 2.75) is 52.1 Å². The molecule has 1 N–H and O–H groups in total. The molecule has 2 rings (SSSR count). The molecular formula is C17H25NO3. The molecule has 21 heavy (non-hydrogen) atoms. The smallest absolute Gasteiger partial charge is 0.410 e. The Balaban J connectivity index is 1.94. The maximum atomic E-state index is 12.0. The second kappa shape index (κ2) is 5.96. The highest BCUT2D eigenvalue weighted by atomic mass is 16.6. The summed E-state index contributed by atoms with van der Waals surface area (Å²) >= 11 is 0. The summed E-state index contributed by atoms with van der Waals surface area (Å²) in [5.74, 6) is 0.747. The van der Waals surface area contributed by atoms with Crippen molar-refractivity contribution in [3.63, 3.8) is 0 Å². The van der Waals surface area contributed by atoms with Gasteiger partial charge in [0, 0.05) is 13.1 Å². The lowest BCUT2D eigenvalue weighted by molar-refractivity contribution is 0.0205. The van der Waals surface area contributed by atoms with Crippen LogP contribution in [-0.2, 0) is 4.74 Å². The number of ether oxygens (including phenoxy) is 1. The van der Waals surface area contributed by atoms with E-state index in [9.17, 15) is 9.90 Å². The predicted octanol–water partition coefficient (Wildman–Crippen LogP) is 3.82. The molecule has 116 valence electrons. The van der Waals surface area contributed by atoms with E-state index in [0.717, 1.165) is 24.0 Å². The average Bonchev–Trinajstić information content (AvgIpc) is 2.40. The van der Waals surface area contributed by atoms with Crippen molar-refractivity contribution in [2.24, 2.45) is 0 Å². The topological polar surface area (TPSA) is 49.8 Å². The number of carbonyl (C=O) groups excluding carboxylic acids is 1. The van der Waals surface area contributed by atoms with Crippen molar-refractivity contribution in [3.05, 3.63) is 29.3 Å². The van der Waals surface area contributed by atoms with Crippen LogP contribution in [0.2, 0.25) is 0 Å². The molecule has 0 atom stereocenters. The Morgan fingerprint density at radius 2 is 1.90 bits per heavy atom. The third kappa shape index (κ3) is 4.13. The van der Waals surface area contributed by atoms with Gasteiger partial charge in [-0.3, -0.25) is 0 Å². The van der Waals surface area contributed by atoms with Gasteiger partial charge in [0.25, 0.3) is 0 Å². The van der Waals surface area contributed by atoms with E-state index in [1.165, 1.54) is 0 Å². The Labute approximate surface area is 126 Å². The number of phenols is 1. The summed E-state index contributed by atoms with van der Waals surface area (Å²) in [5, 5.41) is 9.81. The molecule has 1 saturated heterocycles. The van der Waals surface area contributed by atoms with Crippen LogP contribution in [0.5, 0.6) is 5.75 Å². The van der Waals surface area contributed by atoms with Gasteiger partial charge in [-0.15, -0.1) is 0 Å². The summed E-state index contributed by atoms with van der Waals surface area (Å²) in [5.41, 5.74) is 1.60. The zero-order valence-corrected chi connectivity index (χ0v) is 13.3. The van der Waals surface area contributed by atoms with E-state index in [4.69, 9.17) is 4.74 Å². The Bertz CT molecular complexity index is 511. The number of rotatable bonds is 1. The standard InChI is InChI=1S/C17H25NO3/c1-12-5-6-14(11-15(12)19)13-7-9-18(10-8-13)16(20)21-17(2,3)4/h5-6,11,13,19H,7-10H2,1-4H3. The van der Waals surface area contributed by atoms with E-state index >= 15 is 0 Å². The Hall–Kier alpha value is -1.71. The number of nitrogens with zero attached hydrogens (tertiary/aromatic N) is 1. The van der Waals surface area contributed by atoms with Gasteiger partial charge in [-0.2, -0.15) is 0 Å². The molecule has 1 heterocycles. The summed E-state index contributed by atoms with van der Waals surface area (Å²) in [6, 6.07) is 5.87. The highest BCUT2D eigenvalue weighted by molar-refractivity contribution is 5.68. The number of benzene rings is 1. The fraction of sp³-hybridized carbons (Fsp3) is 0.588. The van der Waals surface area contributed by atoms with Crippen LogP contribution in [0, 0.1) is 6.92 Å². The van der Waals surface area contributed by atoms with E-state index in [1.807, 2.05) is 39.8 Å². The Morgan fingerprint density at radius 1 is 1.29 bits per heavy atom. The minimum Gasteiger partial charge on any atom is -0.508 e. The number of aromatic hydroxyl groups is 1. The predicted molar refractivity (Wildman–Crippen MR) is 82.6 cm³/mol. The lowest BCUT2D eigenvalue weighted by Crippen LogP contribution is -2.41. The summed E-state index contributed by atoms with van der Waals surface area (Å²) in [7, 11) is 0. The SMILES string of the molecule is Cc1ccc(C2CCN(C(=O)OC(C)(C)C)CC2)cc1O. The van der Waals surface area contributed by atoms with Crippen LogP contribution in [0.3, 0.4) is 0 Å². The van der Waals surface area contributed by atoms with Gasteiger partial charge >= 0.3 is 6.09 Å². The van der Waals surface area contributed by atoms with Gasteiger partial charge in [0.05, 0.1) is 0 Å². The third-order valence-electron chi connectivity index (χ3n) is 3.85. The number of amides is 1. The molecule has 1 fully saturated rings. The van der Waals surface area contributed by atoms with Crippen LogP contribution in [-0.4, -0.2) is 34.8 Å². The molecule has 0 bridgehead atoms. The highest BCUT2D eigenvalue weighted by Gasteiger charge is 2.27. The molecule has 1 aromatic carbocycles. The number of hydrogen-bond donors (Lipinski definition) is 1. The summed E-state index contributed by atoms with van der Waals surface area (Å²) in [6.45, 7) is 8.94. The molecule has 4 nitrogen and oxygen atoms in total. The molecule has 4 heteroatoms. The molecule has 0 spiro atoms. The van der Waals surface area contributed by atoms with E-state index in [0.29, 0.717) is 24.8 Å². The highest BCUT2D eigenvalue weighted by Crippen LogP contribution is 2.31. The first-order chi connectivity index (χ1) is 9.76. The number of hydrogen-bond acceptors (Lipinski definition) is 3. The van der Waals surface area contributed by atoms with Crippen LogP contribution in [0.1, 0.15) is 50.7 Å². The van der Waals surface area contributed by atoms with E-state index in [-0.39, 0.29) is 6.09 Å². The Morgan fingerprint density at radius 3 is 2.43 bits per heavy atom.